The second kappa shape index (κ2) is 4.98. The van der Waals surface area contributed by atoms with Gasteiger partial charge < -0.3 is 0 Å². The van der Waals surface area contributed by atoms with Gasteiger partial charge in [-0.15, -0.1) is 11.6 Å². The lowest BCUT2D eigenvalue weighted by Crippen LogP contribution is -2.54. The van der Waals surface area contributed by atoms with Gasteiger partial charge in [0.15, 0.2) is 0 Å². The summed E-state index contributed by atoms with van der Waals surface area (Å²) in [5.41, 5.74) is 0.450. The average Bonchev–Trinajstić information content (AvgIpc) is 2.84. The van der Waals surface area contributed by atoms with E-state index >= 15 is 0 Å². The van der Waals surface area contributed by atoms with Gasteiger partial charge in [-0.05, 0) is 74.0 Å². The van der Waals surface area contributed by atoms with E-state index in [0.717, 1.165) is 37.0 Å². The average molecular weight is 309 g/mol. The Balaban J connectivity index is 1.66. The lowest BCUT2D eigenvalue weighted by molar-refractivity contribution is -0.138. The van der Waals surface area contributed by atoms with Gasteiger partial charge in [0.25, 0.3) is 0 Å². The number of halogens is 1. The summed E-state index contributed by atoms with van der Waals surface area (Å²) in [7, 11) is 0. The first-order valence-electron chi connectivity index (χ1n) is 9.21. The zero-order chi connectivity index (χ0) is 14.7. The normalized spacial score (nSPS) is 53.0. The highest BCUT2D eigenvalue weighted by molar-refractivity contribution is 6.20. The number of hydrogen-bond acceptors (Lipinski definition) is 1. The van der Waals surface area contributed by atoms with Crippen molar-refractivity contribution in [2.75, 3.05) is 5.88 Å². The quantitative estimate of drug-likeness (QED) is 0.608. The second-order valence-electron chi connectivity index (χ2n) is 8.69. The minimum atomic E-state index is -0.124. The third-order valence-electron chi connectivity index (χ3n) is 8.27. The standard InChI is InChI=1S/C19H29ClO/c1-18-10-3-2-4-13(18)5-6-14-15(18)9-11-19(12-20)16(14)7-8-17(19)21/h13-16H,2-12H2,1H3/t13?,14-,15+,16+,18+,19-/m1/s1. The molecule has 0 amide bonds. The summed E-state index contributed by atoms with van der Waals surface area (Å²) < 4.78 is 0. The van der Waals surface area contributed by atoms with E-state index < -0.39 is 0 Å². The van der Waals surface area contributed by atoms with Gasteiger partial charge in [0.1, 0.15) is 5.78 Å². The Bertz CT molecular complexity index is 447. The Labute approximate surface area is 134 Å². The van der Waals surface area contributed by atoms with Gasteiger partial charge in [0.2, 0.25) is 0 Å². The highest BCUT2D eigenvalue weighted by atomic mass is 35.5. The topological polar surface area (TPSA) is 17.1 Å². The van der Waals surface area contributed by atoms with Crippen molar-refractivity contribution in [3.05, 3.63) is 0 Å². The molecule has 0 aliphatic heterocycles. The van der Waals surface area contributed by atoms with Gasteiger partial charge in [-0.3, -0.25) is 4.79 Å². The molecule has 0 heterocycles. The van der Waals surface area contributed by atoms with Crippen molar-refractivity contribution in [1.82, 2.24) is 0 Å². The molecule has 4 rings (SSSR count). The van der Waals surface area contributed by atoms with Crippen LogP contribution in [0.3, 0.4) is 0 Å². The Hall–Kier alpha value is -0.0400. The fourth-order valence-corrected chi connectivity index (χ4v) is 7.60. The van der Waals surface area contributed by atoms with E-state index in [1.54, 1.807) is 0 Å². The van der Waals surface area contributed by atoms with Crippen LogP contribution in [0.25, 0.3) is 0 Å². The van der Waals surface area contributed by atoms with E-state index in [9.17, 15) is 4.79 Å². The molecule has 4 saturated carbocycles. The van der Waals surface area contributed by atoms with Crippen LogP contribution < -0.4 is 0 Å². The number of ketones is 1. The van der Waals surface area contributed by atoms with Gasteiger partial charge in [-0.1, -0.05) is 19.8 Å². The van der Waals surface area contributed by atoms with Crippen LogP contribution in [0.4, 0.5) is 0 Å². The fraction of sp³-hybridized carbons (Fsp3) is 0.947. The predicted octanol–water partition coefficient (Wildman–Crippen LogP) is 5.21. The number of alkyl halides is 1. The molecule has 0 spiro atoms. The summed E-state index contributed by atoms with van der Waals surface area (Å²) in [6, 6.07) is 0. The third kappa shape index (κ3) is 1.85. The zero-order valence-electron chi connectivity index (χ0n) is 13.4. The molecule has 1 unspecified atom stereocenters. The number of Topliss-reactive ketones (excluding diaryl/α,β-unsaturated/α-hetero) is 1. The van der Waals surface area contributed by atoms with Crippen molar-refractivity contribution in [3.8, 4) is 0 Å². The number of carbonyl (C=O) groups excluding carboxylic acids is 1. The molecule has 0 N–H and O–H groups in total. The highest BCUT2D eigenvalue weighted by Gasteiger charge is 2.60. The molecular formula is C19H29ClO. The van der Waals surface area contributed by atoms with Gasteiger partial charge >= 0.3 is 0 Å². The van der Waals surface area contributed by atoms with Gasteiger partial charge in [-0.25, -0.2) is 0 Å². The Morgan fingerprint density at radius 1 is 1.05 bits per heavy atom. The third-order valence-corrected chi connectivity index (χ3v) is 8.74. The van der Waals surface area contributed by atoms with E-state index in [1.165, 1.54) is 44.9 Å². The highest BCUT2D eigenvalue weighted by Crippen LogP contribution is 2.65. The van der Waals surface area contributed by atoms with Crippen molar-refractivity contribution >= 4 is 17.4 Å². The Morgan fingerprint density at radius 2 is 1.90 bits per heavy atom. The summed E-state index contributed by atoms with van der Waals surface area (Å²) in [5, 5.41) is 0. The summed E-state index contributed by atoms with van der Waals surface area (Å²) in [6.07, 6.45) is 12.9. The molecule has 0 aromatic carbocycles. The molecule has 118 valence electrons. The van der Waals surface area contributed by atoms with Crippen molar-refractivity contribution in [1.29, 1.82) is 0 Å². The number of fused-ring (bicyclic) bond motifs is 5. The van der Waals surface area contributed by atoms with Crippen LogP contribution in [0, 0.1) is 34.5 Å². The maximum absolute atomic E-state index is 12.5. The smallest absolute Gasteiger partial charge is 0.140 e. The van der Waals surface area contributed by atoms with Gasteiger partial charge in [0, 0.05) is 17.7 Å². The molecule has 0 radical (unpaired) electrons. The Kier molecular flexibility index (Phi) is 3.45. The van der Waals surface area contributed by atoms with E-state index in [1.807, 2.05) is 0 Å². The van der Waals surface area contributed by atoms with Crippen LogP contribution in [0.15, 0.2) is 0 Å². The maximum atomic E-state index is 12.5. The van der Waals surface area contributed by atoms with Crippen molar-refractivity contribution < 1.29 is 4.79 Å². The minimum absolute atomic E-state index is 0.124. The van der Waals surface area contributed by atoms with Crippen LogP contribution in [-0.4, -0.2) is 11.7 Å². The second-order valence-corrected chi connectivity index (χ2v) is 8.96. The van der Waals surface area contributed by atoms with Crippen LogP contribution >= 0.6 is 11.6 Å². The molecule has 0 saturated heterocycles. The minimum Gasteiger partial charge on any atom is -0.299 e. The van der Waals surface area contributed by atoms with Crippen LogP contribution in [0.1, 0.15) is 71.1 Å². The maximum Gasteiger partial charge on any atom is 0.140 e. The molecule has 4 aliphatic carbocycles. The molecule has 4 aliphatic rings. The van der Waals surface area contributed by atoms with E-state index in [-0.39, 0.29) is 5.41 Å². The number of hydrogen-bond donors (Lipinski definition) is 0. The molecule has 0 bridgehead atoms. The van der Waals surface area contributed by atoms with Crippen molar-refractivity contribution in [2.24, 2.45) is 34.5 Å². The van der Waals surface area contributed by atoms with Gasteiger partial charge in [-0.2, -0.15) is 0 Å². The summed E-state index contributed by atoms with van der Waals surface area (Å²) in [4.78, 5) is 12.5. The predicted molar refractivity (Wildman–Crippen MR) is 86.4 cm³/mol. The lowest BCUT2D eigenvalue weighted by Gasteiger charge is -2.59. The molecule has 2 heteroatoms. The number of carbonyl (C=O) groups is 1. The van der Waals surface area contributed by atoms with Crippen molar-refractivity contribution in [3.63, 3.8) is 0 Å². The van der Waals surface area contributed by atoms with E-state index in [4.69, 9.17) is 11.6 Å². The first-order chi connectivity index (χ1) is 10.1. The van der Waals surface area contributed by atoms with Crippen LogP contribution in [-0.2, 0) is 4.79 Å². The van der Waals surface area contributed by atoms with E-state index in [0.29, 0.717) is 23.0 Å². The molecule has 21 heavy (non-hydrogen) atoms. The molecule has 6 atom stereocenters. The largest absolute Gasteiger partial charge is 0.299 e. The zero-order valence-corrected chi connectivity index (χ0v) is 14.1. The monoisotopic (exact) mass is 308 g/mol. The molecule has 0 aromatic rings. The van der Waals surface area contributed by atoms with Crippen LogP contribution in [0.2, 0.25) is 0 Å². The summed E-state index contributed by atoms with van der Waals surface area (Å²) in [6.45, 7) is 2.60. The molecule has 0 aromatic heterocycles. The fourth-order valence-electron chi connectivity index (χ4n) is 7.12. The molecule has 1 nitrogen and oxygen atoms in total. The Morgan fingerprint density at radius 3 is 2.71 bits per heavy atom. The van der Waals surface area contributed by atoms with Crippen LogP contribution in [0.5, 0.6) is 0 Å². The first-order valence-corrected chi connectivity index (χ1v) is 9.74. The molecule has 4 fully saturated rings. The SMILES string of the molecule is C[C@]12CCCCC1CC[C@H]1[C@@H]3CCC(=O)[C@@]3(CCl)CC[C@@H]12. The van der Waals surface area contributed by atoms with Gasteiger partial charge in [0.05, 0.1) is 0 Å². The first kappa shape index (κ1) is 14.5. The summed E-state index contributed by atoms with van der Waals surface area (Å²) >= 11 is 6.35. The molecular weight excluding hydrogens is 280 g/mol. The number of rotatable bonds is 1. The van der Waals surface area contributed by atoms with E-state index in [2.05, 4.69) is 6.92 Å². The van der Waals surface area contributed by atoms with Crippen molar-refractivity contribution in [2.45, 2.75) is 71.1 Å². The summed E-state index contributed by atoms with van der Waals surface area (Å²) in [5.74, 6) is 4.33. The lowest BCUT2D eigenvalue weighted by atomic mass is 9.45.